The van der Waals surface area contributed by atoms with Crippen LogP contribution in [-0.4, -0.2) is 24.5 Å². The molecule has 2 amide bonds. The Hall–Kier alpha value is -1.40. The molecule has 1 aromatic carbocycles. The molecule has 0 aliphatic carbocycles. The van der Waals surface area contributed by atoms with Crippen LogP contribution in [0.25, 0.3) is 0 Å². The van der Waals surface area contributed by atoms with Crippen molar-refractivity contribution < 1.29 is 14.4 Å². The SMILES string of the molecule is CCONC(=O)C(NC(=O)c1ccccc1Br)C(C)C. The fourth-order valence-corrected chi connectivity index (χ4v) is 2.07. The normalized spacial score (nSPS) is 12.1. The molecule has 0 aliphatic heterocycles. The third-order valence-corrected chi connectivity index (χ3v) is 3.36. The van der Waals surface area contributed by atoms with Crippen molar-refractivity contribution in [2.75, 3.05) is 6.61 Å². The molecule has 0 bridgehead atoms. The summed E-state index contributed by atoms with van der Waals surface area (Å²) in [6, 6.07) is 6.41. The first-order valence-corrected chi connectivity index (χ1v) is 7.23. The molecule has 0 aliphatic rings. The maximum Gasteiger partial charge on any atom is 0.266 e. The number of benzene rings is 1. The van der Waals surface area contributed by atoms with E-state index in [0.717, 1.165) is 0 Å². The Labute approximate surface area is 127 Å². The quantitative estimate of drug-likeness (QED) is 0.779. The van der Waals surface area contributed by atoms with Gasteiger partial charge in [0.05, 0.1) is 12.2 Å². The molecule has 0 saturated carbocycles. The summed E-state index contributed by atoms with van der Waals surface area (Å²) in [6.07, 6.45) is 0. The van der Waals surface area contributed by atoms with Gasteiger partial charge in [-0.15, -0.1) is 0 Å². The van der Waals surface area contributed by atoms with E-state index in [-0.39, 0.29) is 17.7 Å². The van der Waals surface area contributed by atoms with Crippen LogP contribution in [0.1, 0.15) is 31.1 Å². The second kappa shape index (κ2) is 8.01. The minimum Gasteiger partial charge on any atom is -0.340 e. The van der Waals surface area contributed by atoms with Gasteiger partial charge in [0.25, 0.3) is 11.8 Å². The van der Waals surface area contributed by atoms with Crippen LogP contribution < -0.4 is 10.8 Å². The maximum absolute atomic E-state index is 12.2. The fraction of sp³-hybridized carbons (Fsp3) is 0.429. The average molecular weight is 343 g/mol. The third kappa shape index (κ3) is 4.61. The van der Waals surface area contributed by atoms with Gasteiger partial charge in [-0.3, -0.25) is 14.4 Å². The van der Waals surface area contributed by atoms with Crippen LogP contribution in [0.4, 0.5) is 0 Å². The van der Waals surface area contributed by atoms with Crippen LogP contribution in [0.2, 0.25) is 0 Å². The van der Waals surface area contributed by atoms with Crippen molar-refractivity contribution in [3.63, 3.8) is 0 Å². The highest BCUT2D eigenvalue weighted by atomic mass is 79.9. The number of carbonyl (C=O) groups is 2. The van der Waals surface area contributed by atoms with Gasteiger partial charge in [0.1, 0.15) is 6.04 Å². The molecule has 2 N–H and O–H groups in total. The summed E-state index contributed by atoms with van der Waals surface area (Å²) in [5.74, 6) is -0.716. The molecule has 1 rings (SSSR count). The summed E-state index contributed by atoms with van der Waals surface area (Å²) in [6.45, 7) is 5.85. The standard InChI is InChI=1S/C14H19BrN2O3/c1-4-20-17-14(19)12(9(2)3)16-13(18)10-7-5-6-8-11(10)15/h5-9,12H,4H2,1-3H3,(H,16,18)(H,17,19). The highest BCUT2D eigenvalue weighted by Crippen LogP contribution is 2.16. The summed E-state index contributed by atoms with van der Waals surface area (Å²) in [5, 5.41) is 2.72. The van der Waals surface area contributed by atoms with E-state index in [0.29, 0.717) is 16.6 Å². The number of halogens is 1. The molecule has 0 aromatic heterocycles. The van der Waals surface area contributed by atoms with Gasteiger partial charge in [-0.05, 0) is 40.9 Å². The predicted molar refractivity (Wildman–Crippen MR) is 80.0 cm³/mol. The van der Waals surface area contributed by atoms with Crippen LogP contribution in [0, 0.1) is 5.92 Å². The molecular weight excluding hydrogens is 324 g/mol. The molecule has 5 nitrogen and oxygen atoms in total. The first-order chi connectivity index (χ1) is 9.47. The highest BCUT2D eigenvalue weighted by molar-refractivity contribution is 9.10. The monoisotopic (exact) mass is 342 g/mol. The lowest BCUT2D eigenvalue weighted by molar-refractivity contribution is -0.136. The van der Waals surface area contributed by atoms with Gasteiger partial charge in [0.2, 0.25) is 0 Å². The zero-order valence-corrected chi connectivity index (χ0v) is 13.4. The zero-order valence-electron chi connectivity index (χ0n) is 11.8. The van der Waals surface area contributed by atoms with Crippen molar-refractivity contribution in [3.8, 4) is 0 Å². The first kappa shape index (κ1) is 16.7. The van der Waals surface area contributed by atoms with E-state index in [4.69, 9.17) is 4.84 Å². The van der Waals surface area contributed by atoms with Crippen molar-refractivity contribution in [2.24, 2.45) is 5.92 Å². The number of hydroxylamine groups is 1. The van der Waals surface area contributed by atoms with Crippen LogP contribution >= 0.6 is 15.9 Å². The molecule has 1 unspecified atom stereocenters. The lowest BCUT2D eigenvalue weighted by atomic mass is 10.0. The topological polar surface area (TPSA) is 67.4 Å². The van der Waals surface area contributed by atoms with Crippen molar-refractivity contribution in [3.05, 3.63) is 34.3 Å². The van der Waals surface area contributed by atoms with E-state index in [1.54, 1.807) is 25.1 Å². The molecule has 0 saturated heterocycles. The molecule has 0 heterocycles. The Morgan fingerprint density at radius 1 is 1.30 bits per heavy atom. The number of hydrogen-bond acceptors (Lipinski definition) is 3. The van der Waals surface area contributed by atoms with E-state index in [1.807, 2.05) is 19.9 Å². The molecule has 20 heavy (non-hydrogen) atoms. The van der Waals surface area contributed by atoms with Crippen LogP contribution in [0.15, 0.2) is 28.7 Å². The molecule has 6 heteroatoms. The van der Waals surface area contributed by atoms with Crippen LogP contribution in [-0.2, 0) is 9.63 Å². The molecular formula is C14H19BrN2O3. The van der Waals surface area contributed by atoms with Gasteiger partial charge in [0, 0.05) is 4.47 Å². The number of rotatable bonds is 6. The Morgan fingerprint density at radius 3 is 2.50 bits per heavy atom. The van der Waals surface area contributed by atoms with E-state index in [9.17, 15) is 9.59 Å². The van der Waals surface area contributed by atoms with Gasteiger partial charge >= 0.3 is 0 Å². The first-order valence-electron chi connectivity index (χ1n) is 6.44. The third-order valence-electron chi connectivity index (χ3n) is 2.67. The lowest BCUT2D eigenvalue weighted by Crippen LogP contribution is -2.49. The molecule has 1 aromatic rings. The maximum atomic E-state index is 12.2. The molecule has 0 fully saturated rings. The van der Waals surface area contributed by atoms with Crippen LogP contribution in [0.5, 0.6) is 0 Å². The second-order valence-electron chi connectivity index (χ2n) is 4.57. The Balaban J connectivity index is 2.78. The van der Waals surface area contributed by atoms with Gasteiger partial charge in [-0.25, -0.2) is 5.48 Å². The molecule has 110 valence electrons. The summed E-state index contributed by atoms with van der Waals surface area (Å²) in [7, 11) is 0. The summed E-state index contributed by atoms with van der Waals surface area (Å²) in [5.41, 5.74) is 2.81. The highest BCUT2D eigenvalue weighted by Gasteiger charge is 2.25. The van der Waals surface area contributed by atoms with Crippen molar-refractivity contribution >= 4 is 27.7 Å². The largest absolute Gasteiger partial charge is 0.340 e. The van der Waals surface area contributed by atoms with E-state index >= 15 is 0 Å². The van der Waals surface area contributed by atoms with E-state index in [2.05, 4.69) is 26.7 Å². The smallest absolute Gasteiger partial charge is 0.266 e. The van der Waals surface area contributed by atoms with Gasteiger partial charge in [-0.1, -0.05) is 26.0 Å². The number of carbonyl (C=O) groups excluding carboxylic acids is 2. The Kier molecular flexibility index (Phi) is 6.67. The van der Waals surface area contributed by atoms with Crippen LogP contribution in [0.3, 0.4) is 0 Å². The van der Waals surface area contributed by atoms with Gasteiger partial charge in [0.15, 0.2) is 0 Å². The Bertz CT molecular complexity index is 477. The van der Waals surface area contributed by atoms with Crippen molar-refractivity contribution in [1.29, 1.82) is 0 Å². The fourth-order valence-electron chi connectivity index (χ4n) is 1.61. The van der Waals surface area contributed by atoms with Gasteiger partial charge in [-0.2, -0.15) is 0 Å². The summed E-state index contributed by atoms with van der Waals surface area (Å²) in [4.78, 5) is 29.0. The van der Waals surface area contributed by atoms with E-state index < -0.39 is 6.04 Å². The summed E-state index contributed by atoms with van der Waals surface area (Å²) >= 11 is 3.32. The summed E-state index contributed by atoms with van der Waals surface area (Å²) < 4.78 is 0.685. The van der Waals surface area contributed by atoms with Gasteiger partial charge < -0.3 is 5.32 Å². The van der Waals surface area contributed by atoms with Crippen molar-refractivity contribution in [1.82, 2.24) is 10.8 Å². The zero-order chi connectivity index (χ0) is 15.1. The second-order valence-corrected chi connectivity index (χ2v) is 5.43. The van der Waals surface area contributed by atoms with Crippen molar-refractivity contribution in [2.45, 2.75) is 26.8 Å². The molecule has 0 spiro atoms. The minimum absolute atomic E-state index is 0.0538. The predicted octanol–water partition coefficient (Wildman–Crippen LogP) is 2.27. The number of hydrogen-bond donors (Lipinski definition) is 2. The lowest BCUT2D eigenvalue weighted by Gasteiger charge is -2.21. The number of nitrogens with one attached hydrogen (secondary N) is 2. The van der Waals surface area contributed by atoms with E-state index in [1.165, 1.54) is 0 Å². The molecule has 0 radical (unpaired) electrons. The average Bonchev–Trinajstić information content (AvgIpc) is 2.42. The minimum atomic E-state index is -0.652. The Morgan fingerprint density at radius 2 is 1.95 bits per heavy atom. The molecule has 1 atom stereocenters. The number of amides is 2.